The third kappa shape index (κ3) is 18.0. The number of hydrogen-bond donors (Lipinski definition) is 0. The molecule has 0 heterocycles. The topological polar surface area (TPSA) is 57.1 Å². The van der Waals surface area contributed by atoms with Crippen LogP contribution in [-0.4, -0.2) is 42.8 Å². The van der Waals surface area contributed by atoms with Gasteiger partial charge in [-0.1, -0.05) is 96.3 Å². The lowest BCUT2D eigenvalue weighted by Gasteiger charge is -2.24. The molecule has 172 valence electrons. The van der Waals surface area contributed by atoms with Gasteiger partial charge >= 0.3 is 8.80 Å². The Hall–Kier alpha value is -0.523. The highest BCUT2D eigenvalue weighted by Gasteiger charge is 2.36. The van der Waals surface area contributed by atoms with Gasteiger partial charge in [-0.2, -0.15) is 0 Å². The normalized spacial score (nSPS) is 11.6. The fraction of sp³-hybridized carbons (Fsp3) is 0.957. The van der Waals surface area contributed by atoms with E-state index in [-0.39, 0.29) is 0 Å². The summed E-state index contributed by atoms with van der Waals surface area (Å²) in [7, 11) is 2.73. The lowest BCUT2D eigenvalue weighted by atomic mass is 10.0. The standard InChI is InChI=1S/C23H47NO4Si/c1-26-29(27-2,28-3)22-20-18-16-14-12-10-8-6-4-5-7-9-11-13-15-17-19-21-24-23-25/h4-22H2,1-3H3. The van der Waals surface area contributed by atoms with Gasteiger partial charge in [0.25, 0.3) is 0 Å². The molecule has 0 aromatic heterocycles. The highest BCUT2D eigenvalue weighted by molar-refractivity contribution is 6.60. The van der Waals surface area contributed by atoms with E-state index in [1.807, 2.05) is 0 Å². The fourth-order valence-electron chi connectivity index (χ4n) is 3.79. The van der Waals surface area contributed by atoms with E-state index in [1.165, 1.54) is 96.3 Å². The van der Waals surface area contributed by atoms with Gasteiger partial charge in [-0.15, -0.1) is 0 Å². The average Bonchev–Trinajstić information content (AvgIpc) is 2.75. The summed E-state index contributed by atoms with van der Waals surface area (Å²) < 4.78 is 16.4. The Balaban J connectivity index is 3.20. The van der Waals surface area contributed by atoms with Gasteiger partial charge in [0, 0.05) is 27.4 Å². The minimum Gasteiger partial charge on any atom is -0.377 e. The zero-order chi connectivity index (χ0) is 21.5. The molecule has 0 aliphatic rings. The predicted octanol–water partition coefficient (Wildman–Crippen LogP) is 6.83. The first kappa shape index (κ1) is 28.5. The lowest BCUT2D eigenvalue weighted by Crippen LogP contribution is -2.42. The van der Waals surface area contributed by atoms with Crippen LogP contribution in [0.25, 0.3) is 0 Å². The van der Waals surface area contributed by atoms with Crippen molar-refractivity contribution < 1.29 is 18.1 Å². The molecule has 0 atom stereocenters. The maximum absolute atomic E-state index is 9.94. The number of carbonyl (C=O) groups excluding carboxylic acids is 1. The van der Waals surface area contributed by atoms with Gasteiger partial charge in [-0.3, -0.25) is 0 Å². The summed E-state index contributed by atoms with van der Waals surface area (Å²) in [6, 6.07) is 0.924. The van der Waals surface area contributed by atoms with Crippen LogP contribution in [0.15, 0.2) is 4.99 Å². The van der Waals surface area contributed by atoms with Crippen molar-refractivity contribution in [2.75, 3.05) is 27.9 Å². The molecule has 0 aromatic rings. The molecular formula is C23H47NO4Si. The summed E-state index contributed by atoms with van der Waals surface area (Å²) in [6.07, 6.45) is 24.0. The van der Waals surface area contributed by atoms with Crippen molar-refractivity contribution >= 4 is 14.9 Å². The third-order valence-electron chi connectivity index (χ3n) is 5.75. The van der Waals surface area contributed by atoms with Crippen LogP contribution in [0, 0.1) is 0 Å². The van der Waals surface area contributed by atoms with Gasteiger partial charge in [-0.05, 0) is 12.8 Å². The zero-order valence-electron chi connectivity index (χ0n) is 19.5. The average molecular weight is 430 g/mol. The summed E-state index contributed by atoms with van der Waals surface area (Å²) >= 11 is 0. The first-order valence-corrected chi connectivity index (χ1v) is 13.9. The lowest BCUT2D eigenvalue weighted by molar-refractivity contribution is 0.122. The van der Waals surface area contributed by atoms with Gasteiger partial charge < -0.3 is 13.3 Å². The van der Waals surface area contributed by atoms with Crippen LogP contribution in [-0.2, 0) is 18.1 Å². The van der Waals surface area contributed by atoms with E-state index in [1.54, 1.807) is 27.4 Å². The molecule has 5 nitrogen and oxygen atoms in total. The highest BCUT2D eigenvalue weighted by atomic mass is 28.4. The van der Waals surface area contributed by atoms with Gasteiger partial charge in [0.2, 0.25) is 6.08 Å². The highest BCUT2D eigenvalue weighted by Crippen LogP contribution is 2.19. The van der Waals surface area contributed by atoms with Crippen LogP contribution in [0.2, 0.25) is 6.04 Å². The Morgan fingerprint density at radius 3 is 1.17 bits per heavy atom. The maximum atomic E-state index is 9.94. The monoisotopic (exact) mass is 429 g/mol. The van der Waals surface area contributed by atoms with E-state index in [0.29, 0.717) is 6.54 Å². The van der Waals surface area contributed by atoms with Crippen molar-refractivity contribution in [1.82, 2.24) is 0 Å². The van der Waals surface area contributed by atoms with E-state index in [2.05, 4.69) is 4.99 Å². The Morgan fingerprint density at radius 1 is 0.552 bits per heavy atom. The molecule has 0 aliphatic carbocycles. The zero-order valence-corrected chi connectivity index (χ0v) is 20.5. The predicted molar refractivity (Wildman–Crippen MR) is 123 cm³/mol. The second-order valence-corrected chi connectivity index (χ2v) is 11.1. The molecule has 0 aromatic carbocycles. The van der Waals surface area contributed by atoms with Crippen LogP contribution in [0.5, 0.6) is 0 Å². The van der Waals surface area contributed by atoms with Gasteiger partial charge in [0.1, 0.15) is 0 Å². The van der Waals surface area contributed by atoms with Crippen molar-refractivity contribution in [3.63, 3.8) is 0 Å². The molecule has 0 fully saturated rings. The van der Waals surface area contributed by atoms with Crippen molar-refractivity contribution in [2.45, 2.75) is 115 Å². The molecule has 0 bridgehead atoms. The Kier molecular flexibility index (Phi) is 21.8. The van der Waals surface area contributed by atoms with Crippen LogP contribution in [0.4, 0.5) is 0 Å². The number of rotatable bonds is 23. The van der Waals surface area contributed by atoms with Gasteiger partial charge in [-0.25, -0.2) is 9.79 Å². The second kappa shape index (κ2) is 22.2. The van der Waals surface area contributed by atoms with E-state index in [0.717, 1.165) is 18.9 Å². The SMILES string of the molecule is CO[Si](CCCCCCCCCCCCCCCCCCCN=C=O)(OC)OC. The molecule has 0 saturated heterocycles. The second-order valence-electron chi connectivity index (χ2n) is 8.03. The van der Waals surface area contributed by atoms with Gasteiger partial charge in [0.05, 0.1) is 6.54 Å². The summed E-state index contributed by atoms with van der Waals surface area (Å²) in [5.41, 5.74) is 0. The third-order valence-corrected chi connectivity index (χ3v) is 8.58. The van der Waals surface area contributed by atoms with E-state index >= 15 is 0 Å². The van der Waals surface area contributed by atoms with E-state index < -0.39 is 8.80 Å². The van der Waals surface area contributed by atoms with Crippen molar-refractivity contribution in [1.29, 1.82) is 0 Å². The number of unbranched alkanes of at least 4 members (excludes halogenated alkanes) is 16. The molecule has 0 radical (unpaired) electrons. The molecule has 6 heteroatoms. The Morgan fingerprint density at radius 2 is 0.862 bits per heavy atom. The number of aliphatic imine (C=N–C) groups is 1. The summed E-state index contributed by atoms with van der Waals surface area (Å²) in [5.74, 6) is 0. The Labute approximate surface area is 181 Å². The van der Waals surface area contributed by atoms with Crippen LogP contribution < -0.4 is 0 Å². The van der Waals surface area contributed by atoms with Crippen molar-refractivity contribution in [3.8, 4) is 0 Å². The molecule has 0 rings (SSSR count). The van der Waals surface area contributed by atoms with E-state index in [4.69, 9.17) is 13.3 Å². The fourth-order valence-corrected chi connectivity index (χ4v) is 5.58. The molecule has 0 amide bonds. The molecule has 0 saturated carbocycles. The summed E-state index contributed by atoms with van der Waals surface area (Å²) in [5, 5.41) is 0. The summed E-state index contributed by atoms with van der Waals surface area (Å²) in [6.45, 7) is 0.655. The summed E-state index contributed by atoms with van der Waals surface area (Å²) in [4.78, 5) is 13.5. The van der Waals surface area contributed by atoms with Crippen LogP contribution in [0.3, 0.4) is 0 Å². The van der Waals surface area contributed by atoms with Crippen LogP contribution >= 0.6 is 0 Å². The van der Waals surface area contributed by atoms with Crippen LogP contribution in [0.1, 0.15) is 109 Å². The minimum atomic E-state index is -2.35. The van der Waals surface area contributed by atoms with E-state index in [9.17, 15) is 4.79 Å². The first-order valence-electron chi connectivity index (χ1n) is 11.9. The molecule has 29 heavy (non-hydrogen) atoms. The van der Waals surface area contributed by atoms with Crippen molar-refractivity contribution in [2.24, 2.45) is 4.99 Å². The molecule has 0 aliphatic heterocycles. The minimum absolute atomic E-state index is 0.655. The largest absolute Gasteiger partial charge is 0.500 e. The quantitative estimate of drug-likeness (QED) is 0.0772. The van der Waals surface area contributed by atoms with Crippen molar-refractivity contribution in [3.05, 3.63) is 0 Å². The number of nitrogens with zero attached hydrogens (tertiary/aromatic N) is 1. The maximum Gasteiger partial charge on any atom is 0.500 e. The molecule has 0 N–H and O–H groups in total. The number of hydrogen-bond acceptors (Lipinski definition) is 5. The molecule has 0 unspecified atom stereocenters. The van der Waals surface area contributed by atoms with Gasteiger partial charge in [0.15, 0.2) is 0 Å². The Bertz CT molecular complexity index is 377. The molecular weight excluding hydrogens is 382 g/mol. The number of isocyanates is 1. The smallest absolute Gasteiger partial charge is 0.377 e. The molecule has 0 spiro atoms. The first-order chi connectivity index (χ1) is 14.2.